The Morgan fingerprint density at radius 2 is 1.75 bits per heavy atom. The molecule has 5 heteroatoms. The van der Waals surface area contributed by atoms with E-state index in [1.165, 1.54) is 0 Å². The van der Waals surface area contributed by atoms with E-state index in [-0.39, 0.29) is 0 Å². The first kappa shape index (κ1) is 17.0. The third kappa shape index (κ3) is 5.12. The number of halogens is 1. The molecule has 0 N–H and O–H groups in total. The lowest BCUT2D eigenvalue weighted by atomic mass is 10.1. The van der Waals surface area contributed by atoms with E-state index >= 15 is 0 Å². The van der Waals surface area contributed by atoms with E-state index in [9.17, 15) is 5.26 Å². The highest BCUT2D eigenvalue weighted by Crippen LogP contribution is 2.26. The minimum absolute atomic E-state index is 0.639. The number of nitrogens with zero attached hydrogens (tertiary/aromatic N) is 2. The zero-order valence-corrected chi connectivity index (χ0v) is 13.6. The molecule has 0 aliphatic carbocycles. The van der Waals surface area contributed by atoms with E-state index in [1.807, 2.05) is 32.0 Å². The lowest BCUT2D eigenvalue weighted by Gasteiger charge is -2.26. The summed E-state index contributed by atoms with van der Waals surface area (Å²) in [5.41, 5.74) is 1.57. The lowest BCUT2D eigenvalue weighted by Crippen LogP contribution is -2.31. The van der Waals surface area contributed by atoms with Crippen molar-refractivity contribution in [2.75, 3.05) is 44.4 Å². The number of rotatable bonds is 9. The average molecular weight is 341 g/mol. The molecule has 0 heterocycles. The fourth-order valence-electron chi connectivity index (χ4n) is 1.88. The van der Waals surface area contributed by atoms with Crippen LogP contribution in [0.5, 0.6) is 0 Å². The van der Waals surface area contributed by atoms with Crippen LogP contribution in [0.15, 0.2) is 22.7 Å². The van der Waals surface area contributed by atoms with Crippen molar-refractivity contribution in [2.24, 2.45) is 0 Å². The largest absolute Gasteiger partial charge is 0.380 e. The maximum atomic E-state index is 9.32. The maximum Gasteiger partial charge on any atom is 0.103 e. The Balaban J connectivity index is 2.85. The van der Waals surface area contributed by atoms with Crippen molar-refractivity contribution in [1.29, 1.82) is 5.26 Å². The van der Waals surface area contributed by atoms with Gasteiger partial charge >= 0.3 is 0 Å². The summed E-state index contributed by atoms with van der Waals surface area (Å²) in [6.45, 7) is 8.11. The summed E-state index contributed by atoms with van der Waals surface area (Å²) in [4.78, 5) is 2.13. The molecule has 0 unspecified atom stereocenters. The van der Waals surface area contributed by atoms with E-state index in [0.717, 1.165) is 23.2 Å². The fraction of sp³-hybridized carbons (Fsp3) is 0.533. The molecule has 0 atom stereocenters. The van der Waals surface area contributed by atoms with Gasteiger partial charge < -0.3 is 14.4 Å². The van der Waals surface area contributed by atoms with Gasteiger partial charge in [-0.2, -0.15) is 5.26 Å². The standard InChI is InChI=1S/C15H21BrN2O2/c1-3-19-10-8-18(9-11-20-4-2)15-7-5-6-14(16)13(15)12-17/h5-7H,3-4,8-11H2,1-2H3. The highest BCUT2D eigenvalue weighted by molar-refractivity contribution is 9.10. The first-order chi connectivity index (χ1) is 9.74. The molecule has 1 aromatic rings. The second-order valence-corrected chi connectivity index (χ2v) is 4.98. The van der Waals surface area contributed by atoms with Crippen molar-refractivity contribution in [2.45, 2.75) is 13.8 Å². The molecule has 0 amide bonds. The van der Waals surface area contributed by atoms with Crippen molar-refractivity contribution in [3.8, 4) is 6.07 Å². The van der Waals surface area contributed by atoms with Crippen molar-refractivity contribution in [3.63, 3.8) is 0 Å². The topological polar surface area (TPSA) is 45.5 Å². The number of hydrogen-bond acceptors (Lipinski definition) is 4. The van der Waals surface area contributed by atoms with E-state index < -0.39 is 0 Å². The van der Waals surface area contributed by atoms with Crippen molar-refractivity contribution >= 4 is 21.6 Å². The normalized spacial score (nSPS) is 10.3. The van der Waals surface area contributed by atoms with Crippen LogP contribution in [0.4, 0.5) is 5.69 Å². The van der Waals surface area contributed by atoms with Crippen LogP contribution in [0.25, 0.3) is 0 Å². The van der Waals surface area contributed by atoms with Gasteiger partial charge in [-0.3, -0.25) is 0 Å². The van der Waals surface area contributed by atoms with E-state index in [0.29, 0.717) is 32.0 Å². The van der Waals surface area contributed by atoms with E-state index in [2.05, 4.69) is 26.9 Å². The van der Waals surface area contributed by atoms with Gasteiger partial charge in [0, 0.05) is 30.8 Å². The van der Waals surface area contributed by atoms with Crippen LogP contribution >= 0.6 is 15.9 Å². The predicted molar refractivity (Wildman–Crippen MR) is 84.1 cm³/mol. The number of ether oxygens (including phenoxy) is 2. The second kappa shape index (κ2) is 9.76. The molecule has 110 valence electrons. The molecule has 0 saturated heterocycles. The molecule has 20 heavy (non-hydrogen) atoms. The van der Waals surface area contributed by atoms with Crippen LogP contribution in [-0.2, 0) is 9.47 Å². The summed E-state index contributed by atoms with van der Waals surface area (Å²) in [5.74, 6) is 0. The lowest BCUT2D eigenvalue weighted by molar-refractivity contribution is 0.141. The van der Waals surface area contributed by atoms with Gasteiger partial charge in [0.2, 0.25) is 0 Å². The van der Waals surface area contributed by atoms with Crippen molar-refractivity contribution in [3.05, 3.63) is 28.2 Å². The molecular formula is C15H21BrN2O2. The first-order valence-corrected chi connectivity index (χ1v) is 7.62. The van der Waals surface area contributed by atoms with Gasteiger partial charge in [0.15, 0.2) is 0 Å². The summed E-state index contributed by atoms with van der Waals surface area (Å²) >= 11 is 3.43. The molecule has 4 nitrogen and oxygen atoms in total. The van der Waals surface area contributed by atoms with Gasteiger partial charge in [0.25, 0.3) is 0 Å². The van der Waals surface area contributed by atoms with Gasteiger partial charge in [-0.15, -0.1) is 0 Å². The molecule has 0 aliphatic heterocycles. The van der Waals surface area contributed by atoms with Gasteiger partial charge in [-0.1, -0.05) is 6.07 Å². The SMILES string of the molecule is CCOCCN(CCOCC)c1cccc(Br)c1C#N. The summed E-state index contributed by atoms with van der Waals surface area (Å²) in [6.07, 6.45) is 0. The van der Waals surface area contributed by atoms with Crippen molar-refractivity contribution < 1.29 is 9.47 Å². The summed E-state index contributed by atoms with van der Waals surface area (Å²) < 4.78 is 11.7. The molecular weight excluding hydrogens is 320 g/mol. The van der Waals surface area contributed by atoms with Crippen LogP contribution in [0.3, 0.4) is 0 Å². The van der Waals surface area contributed by atoms with Gasteiger partial charge in [-0.25, -0.2) is 0 Å². The number of nitriles is 1. The second-order valence-electron chi connectivity index (χ2n) is 4.13. The molecule has 0 radical (unpaired) electrons. The van der Waals surface area contributed by atoms with Crippen LogP contribution in [0.2, 0.25) is 0 Å². The van der Waals surface area contributed by atoms with Crippen LogP contribution in [0, 0.1) is 11.3 Å². The Hall–Kier alpha value is -1.09. The molecule has 1 aromatic carbocycles. The molecule has 0 bridgehead atoms. The Labute approximate surface area is 129 Å². The Kier molecular flexibility index (Phi) is 8.28. The van der Waals surface area contributed by atoms with Gasteiger partial charge in [0.05, 0.1) is 24.5 Å². The van der Waals surface area contributed by atoms with Gasteiger partial charge in [-0.05, 0) is 41.9 Å². The van der Waals surface area contributed by atoms with Crippen LogP contribution in [0.1, 0.15) is 19.4 Å². The molecule has 0 aromatic heterocycles. The highest BCUT2D eigenvalue weighted by Gasteiger charge is 2.13. The molecule has 0 spiro atoms. The smallest absolute Gasteiger partial charge is 0.103 e. The zero-order valence-electron chi connectivity index (χ0n) is 12.1. The number of anilines is 1. The first-order valence-electron chi connectivity index (χ1n) is 6.83. The van der Waals surface area contributed by atoms with Crippen LogP contribution in [-0.4, -0.2) is 39.5 Å². The predicted octanol–water partition coefficient (Wildman–Crippen LogP) is 3.20. The summed E-state index contributed by atoms with van der Waals surface area (Å²) in [5, 5.41) is 9.32. The Bertz CT molecular complexity index is 436. The fourth-order valence-corrected chi connectivity index (χ4v) is 2.32. The van der Waals surface area contributed by atoms with Crippen LogP contribution < -0.4 is 4.90 Å². The quantitative estimate of drug-likeness (QED) is 0.647. The minimum atomic E-state index is 0.639. The van der Waals surface area contributed by atoms with E-state index in [1.54, 1.807) is 0 Å². The summed E-state index contributed by atoms with van der Waals surface area (Å²) in [6, 6.07) is 8.03. The third-order valence-corrected chi connectivity index (χ3v) is 3.52. The number of hydrogen-bond donors (Lipinski definition) is 0. The molecule has 1 rings (SSSR count). The molecule has 0 saturated carbocycles. The van der Waals surface area contributed by atoms with E-state index in [4.69, 9.17) is 9.47 Å². The number of benzene rings is 1. The monoisotopic (exact) mass is 340 g/mol. The highest BCUT2D eigenvalue weighted by atomic mass is 79.9. The minimum Gasteiger partial charge on any atom is -0.380 e. The maximum absolute atomic E-state index is 9.32. The third-order valence-electron chi connectivity index (χ3n) is 2.86. The zero-order chi connectivity index (χ0) is 14.8. The molecule has 0 aliphatic rings. The Morgan fingerprint density at radius 3 is 2.25 bits per heavy atom. The van der Waals surface area contributed by atoms with Crippen molar-refractivity contribution in [1.82, 2.24) is 0 Å². The Morgan fingerprint density at radius 1 is 1.15 bits per heavy atom. The summed E-state index contributed by atoms with van der Waals surface area (Å²) in [7, 11) is 0. The van der Waals surface area contributed by atoms with Gasteiger partial charge in [0.1, 0.15) is 6.07 Å². The molecule has 0 fully saturated rings. The average Bonchev–Trinajstić information content (AvgIpc) is 2.46.